The predicted octanol–water partition coefficient (Wildman–Crippen LogP) is 0.884. The molecule has 8 heteroatoms. The Labute approximate surface area is 135 Å². The minimum absolute atomic E-state index is 0.0152. The maximum atomic E-state index is 12.1. The molecule has 1 fully saturated rings. The highest BCUT2D eigenvalue weighted by Gasteiger charge is 2.28. The van der Waals surface area contributed by atoms with E-state index >= 15 is 0 Å². The van der Waals surface area contributed by atoms with E-state index < -0.39 is 4.92 Å². The molecule has 1 amide bonds. The maximum absolute atomic E-state index is 12.1. The van der Waals surface area contributed by atoms with E-state index in [1.54, 1.807) is 12.3 Å². The van der Waals surface area contributed by atoms with E-state index in [0.717, 1.165) is 6.54 Å². The lowest BCUT2D eigenvalue weighted by molar-refractivity contribution is -0.384. The summed E-state index contributed by atoms with van der Waals surface area (Å²) in [5.74, 6) is 0.433. The Bertz CT molecular complexity index is 556. The fraction of sp³-hybridized carbons (Fsp3) is 0.600. The molecule has 0 unspecified atom stereocenters. The first-order valence-electron chi connectivity index (χ1n) is 7.76. The van der Waals surface area contributed by atoms with Gasteiger partial charge in [0, 0.05) is 44.4 Å². The summed E-state index contributed by atoms with van der Waals surface area (Å²) >= 11 is 0. The van der Waals surface area contributed by atoms with E-state index in [9.17, 15) is 14.9 Å². The van der Waals surface area contributed by atoms with Crippen LogP contribution in [0.5, 0.6) is 0 Å². The summed E-state index contributed by atoms with van der Waals surface area (Å²) in [5.41, 5.74) is 0.0152. The average molecular weight is 321 g/mol. The zero-order chi connectivity index (χ0) is 16.8. The number of piperidine rings is 1. The van der Waals surface area contributed by atoms with Crippen molar-refractivity contribution >= 4 is 17.4 Å². The molecule has 1 N–H and O–H groups in total. The monoisotopic (exact) mass is 321 g/mol. The maximum Gasteiger partial charge on any atom is 0.311 e. The van der Waals surface area contributed by atoms with Crippen LogP contribution in [-0.2, 0) is 4.79 Å². The molecule has 0 spiro atoms. The van der Waals surface area contributed by atoms with Crippen molar-refractivity contribution in [3.63, 3.8) is 0 Å². The minimum Gasteiger partial charge on any atom is -0.355 e. The number of amides is 1. The Kier molecular flexibility index (Phi) is 5.86. The smallest absolute Gasteiger partial charge is 0.311 e. The SMILES string of the molecule is CN(C)CCNC(=O)C1CCN(c2ncccc2[N+](=O)[O-])CC1. The molecule has 0 radical (unpaired) electrons. The van der Waals surface area contributed by atoms with Gasteiger partial charge in [-0.05, 0) is 33.0 Å². The van der Waals surface area contributed by atoms with Gasteiger partial charge in [0.25, 0.3) is 0 Å². The molecule has 1 saturated heterocycles. The van der Waals surface area contributed by atoms with Crippen molar-refractivity contribution in [3.05, 3.63) is 28.4 Å². The van der Waals surface area contributed by atoms with Gasteiger partial charge in [0.05, 0.1) is 4.92 Å². The van der Waals surface area contributed by atoms with Gasteiger partial charge in [-0.3, -0.25) is 14.9 Å². The predicted molar refractivity (Wildman–Crippen MR) is 87.4 cm³/mol. The lowest BCUT2D eigenvalue weighted by atomic mass is 9.96. The molecule has 1 aliphatic heterocycles. The summed E-state index contributed by atoms with van der Waals surface area (Å²) in [6.07, 6.45) is 2.92. The number of rotatable bonds is 6. The molecule has 0 aliphatic carbocycles. The first kappa shape index (κ1) is 17.1. The molecular formula is C15H23N5O3. The summed E-state index contributed by atoms with van der Waals surface area (Å²) < 4.78 is 0. The fourth-order valence-corrected chi connectivity index (χ4v) is 2.68. The molecule has 0 saturated carbocycles. The van der Waals surface area contributed by atoms with Crippen molar-refractivity contribution in [3.8, 4) is 0 Å². The number of aromatic nitrogens is 1. The second-order valence-electron chi connectivity index (χ2n) is 5.96. The van der Waals surface area contributed by atoms with Crippen molar-refractivity contribution < 1.29 is 9.72 Å². The molecule has 1 aromatic heterocycles. The second-order valence-corrected chi connectivity index (χ2v) is 5.96. The highest BCUT2D eigenvalue weighted by atomic mass is 16.6. The van der Waals surface area contributed by atoms with Crippen LogP contribution in [0.1, 0.15) is 12.8 Å². The van der Waals surface area contributed by atoms with Crippen LogP contribution >= 0.6 is 0 Å². The van der Waals surface area contributed by atoms with Crippen molar-refractivity contribution in [2.75, 3.05) is 45.2 Å². The number of nitrogens with one attached hydrogen (secondary N) is 1. The summed E-state index contributed by atoms with van der Waals surface area (Å²) in [4.78, 5) is 30.8. The van der Waals surface area contributed by atoms with E-state index in [1.165, 1.54) is 6.07 Å². The van der Waals surface area contributed by atoms with E-state index in [1.807, 2.05) is 23.9 Å². The van der Waals surface area contributed by atoms with Crippen LogP contribution in [0, 0.1) is 16.0 Å². The van der Waals surface area contributed by atoms with Crippen LogP contribution in [-0.4, -0.2) is 61.0 Å². The van der Waals surface area contributed by atoms with Crippen LogP contribution < -0.4 is 10.2 Å². The Hall–Kier alpha value is -2.22. The third-order valence-corrected chi connectivity index (χ3v) is 3.99. The molecule has 2 rings (SSSR count). The molecule has 0 atom stereocenters. The number of likely N-dealkylation sites (N-methyl/N-ethyl adjacent to an activating group) is 1. The van der Waals surface area contributed by atoms with Crippen molar-refractivity contribution in [2.24, 2.45) is 5.92 Å². The number of hydrogen-bond donors (Lipinski definition) is 1. The van der Waals surface area contributed by atoms with Gasteiger partial charge in [-0.1, -0.05) is 0 Å². The van der Waals surface area contributed by atoms with Crippen molar-refractivity contribution in [2.45, 2.75) is 12.8 Å². The van der Waals surface area contributed by atoms with Gasteiger partial charge >= 0.3 is 5.69 Å². The quantitative estimate of drug-likeness (QED) is 0.618. The Morgan fingerprint density at radius 3 is 2.78 bits per heavy atom. The first-order valence-corrected chi connectivity index (χ1v) is 7.76. The molecule has 1 aliphatic rings. The van der Waals surface area contributed by atoms with Crippen LogP contribution in [0.2, 0.25) is 0 Å². The molecule has 23 heavy (non-hydrogen) atoms. The van der Waals surface area contributed by atoms with E-state index in [2.05, 4.69) is 10.3 Å². The third-order valence-electron chi connectivity index (χ3n) is 3.99. The fourth-order valence-electron chi connectivity index (χ4n) is 2.68. The first-order chi connectivity index (χ1) is 11.0. The van der Waals surface area contributed by atoms with Gasteiger partial charge in [0.2, 0.25) is 11.7 Å². The van der Waals surface area contributed by atoms with Crippen LogP contribution in [0.4, 0.5) is 11.5 Å². The standard InChI is InChI=1S/C15H23N5O3/c1-18(2)11-8-17-15(21)12-5-9-19(10-6-12)14-13(20(22)23)4-3-7-16-14/h3-4,7,12H,5-6,8-11H2,1-2H3,(H,17,21). The highest BCUT2D eigenvalue weighted by molar-refractivity contribution is 5.79. The summed E-state index contributed by atoms with van der Waals surface area (Å²) in [6, 6.07) is 3.02. The van der Waals surface area contributed by atoms with Gasteiger partial charge in [-0.25, -0.2) is 4.98 Å². The summed E-state index contributed by atoms with van der Waals surface area (Å²) in [5, 5.41) is 14.0. The molecule has 0 bridgehead atoms. The molecular weight excluding hydrogens is 298 g/mol. The minimum atomic E-state index is -0.414. The number of carbonyl (C=O) groups excluding carboxylic acids is 1. The normalized spacial score (nSPS) is 15.7. The lowest BCUT2D eigenvalue weighted by Crippen LogP contribution is -2.42. The van der Waals surface area contributed by atoms with E-state index in [0.29, 0.717) is 38.3 Å². The van der Waals surface area contributed by atoms with E-state index in [4.69, 9.17) is 0 Å². The number of pyridine rings is 1. The Morgan fingerprint density at radius 2 is 2.17 bits per heavy atom. The van der Waals surface area contributed by atoms with Crippen molar-refractivity contribution in [1.29, 1.82) is 0 Å². The highest BCUT2D eigenvalue weighted by Crippen LogP contribution is 2.28. The summed E-state index contributed by atoms with van der Waals surface area (Å²) in [6.45, 7) is 2.65. The van der Waals surface area contributed by atoms with Crippen LogP contribution in [0.3, 0.4) is 0 Å². The Morgan fingerprint density at radius 1 is 1.48 bits per heavy atom. The van der Waals surface area contributed by atoms with Gasteiger partial charge in [-0.2, -0.15) is 0 Å². The lowest BCUT2D eigenvalue weighted by Gasteiger charge is -2.31. The second kappa shape index (κ2) is 7.87. The molecule has 8 nitrogen and oxygen atoms in total. The summed E-state index contributed by atoms with van der Waals surface area (Å²) in [7, 11) is 3.93. The van der Waals surface area contributed by atoms with Crippen LogP contribution in [0.25, 0.3) is 0 Å². The molecule has 126 valence electrons. The van der Waals surface area contributed by atoms with E-state index in [-0.39, 0.29) is 17.5 Å². The van der Waals surface area contributed by atoms with Gasteiger partial charge in [-0.15, -0.1) is 0 Å². The van der Waals surface area contributed by atoms with Gasteiger partial charge in [0.15, 0.2) is 0 Å². The number of nitro groups is 1. The number of nitrogens with zero attached hydrogens (tertiary/aromatic N) is 4. The van der Waals surface area contributed by atoms with Gasteiger partial charge < -0.3 is 15.1 Å². The molecule has 1 aromatic rings. The third kappa shape index (κ3) is 4.62. The molecule has 2 heterocycles. The number of hydrogen-bond acceptors (Lipinski definition) is 6. The Balaban J connectivity index is 1.89. The number of carbonyl (C=O) groups is 1. The van der Waals surface area contributed by atoms with Crippen molar-refractivity contribution in [1.82, 2.24) is 15.2 Å². The zero-order valence-corrected chi connectivity index (χ0v) is 13.6. The largest absolute Gasteiger partial charge is 0.355 e. The number of anilines is 1. The average Bonchev–Trinajstić information content (AvgIpc) is 2.54. The van der Waals surface area contributed by atoms with Crippen LogP contribution in [0.15, 0.2) is 18.3 Å². The zero-order valence-electron chi connectivity index (χ0n) is 13.6. The topological polar surface area (TPSA) is 91.6 Å². The van der Waals surface area contributed by atoms with Gasteiger partial charge in [0.1, 0.15) is 0 Å². The molecule has 0 aromatic carbocycles.